The second-order valence-corrected chi connectivity index (χ2v) is 7.08. The molecule has 0 atom stereocenters. The van der Waals surface area contributed by atoms with Crippen molar-refractivity contribution in [3.8, 4) is 5.69 Å². The molecule has 0 fully saturated rings. The largest absolute Gasteiger partial charge is 0.452 e. The first kappa shape index (κ1) is 21.7. The van der Waals surface area contributed by atoms with Crippen molar-refractivity contribution in [1.29, 1.82) is 0 Å². The quantitative estimate of drug-likeness (QED) is 0.586. The fourth-order valence-corrected chi connectivity index (χ4v) is 2.78. The highest BCUT2D eigenvalue weighted by Crippen LogP contribution is 2.16. The molecule has 160 valence electrons. The zero-order chi connectivity index (χ0) is 22.4. The van der Waals surface area contributed by atoms with E-state index >= 15 is 0 Å². The highest BCUT2D eigenvalue weighted by atomic mass is 16.5. The Bertz CT molecular complexity index is 1080. The van der Waals surface area contributed by atoms with Crippen molar-refractivity contribution in [1.82, 2.24) is 19.7 Å². The Kier molecular flexibility index (Phi) is 6.76. The summed E-state index contributed by atoms with van der Waals surface area (Å²) in [5.74, 6) is -1.45. The summed E-state index contributed by atoms with van der Waals surface area (Å²) in [5.41, 5.74) is 3.68. The minimum absolute atomic E-state index is 0.156. The molecule has 1 N–H and O–H groups in total. The number of aromatic nitrogens is 3. The zero-order valence-electron chi connectivity index (χ0n) is 17.5. The van der Waals surface area contributed by atoms with E-state index in [4.69, 9.17) is 4.74 Å². The van der Waals surface area contributed by atoms with Crippen molar-refractivity contribution in [3.63, 3.8) is 0 Å². The van der Waals surface area contributed by atoms with Crippen LogP contribution in [-0.2, 0) is 14.3 Å². The number of carbonyl (C=O) groups is 3. The average Bonchev–Trinajstić information content (AvgIpc) is 3.29. The van der Waals surface area contributed by atoms with Crippen molar-refractivity contribution in [2.24, 2.45) is 0 Å². The first-order valence-electron chi connectivity index (χ1n) is 9.57. The standard InChI is InChI=1S/C22H23N5O4/c1-15-4-5-16(2)19(10-15)25-20(28)11-26(3)21(29)12-31-22(30)17-6-8-18(9-7-17)27-14-23-13-24-27/h4-10,13-14H,11-12H2,1-3H3,(H,25,28). The number of nitrogens with one attached hydrogen (secondary N) is 1. The van der Waals surface area contributed by atoms with Gasteiger partial charge >= 0.3 is 5.97 Å². The van der Waals surface area contributed by atoms with Crippen LogP contribution in [0, 0.1) is 13.8 Å². The second-order valence-electron chi connectivity index (χ2n) is 7.08. The molecular formula is C22H23N5O4. The molecule has 3 aromatic rings. The van der Waals surface area contributed by atoms with Gasteiger partial charge in [0.25, 0.3) is 5.91 Å². The number of ether oxygens (including phenoxy) is 1. The fourth-order valence-electron chi connectivity index (χ4n) is 2.78. The van der Waals surface area contributed by atoms with Crippen LogP contribution in [0.4, 0.5) is 5.69 Å². The van der Waals surface area contributed by atoms with Crippen LogP contribution < -0.4 is 5.32 Å². The van der Waals surface area contributed by atoms with Crippen LogP contribution >= 0.6 is 0 Å². The lowest BCUT2D eigenvalue weighted by atomic mass is 10.1. The molecule has 0 radical (unpaired) electrons. The van der Waals surface area contributed by atoms with E-state index in [9.17, 15) is 14.4 Å². The molecule has 0 bridgehead atoms. The Balaban J connectivity index is 1.48. The lowest BCUT2D eigenvalue weighted by Gasteiger charge is -2.17. The van der Waals surface area contributed by atoms with E-state index in [2.05, 4.69) is 15.4 Å². The van der Waals surface area contributed by atoms with Crippen LogP contribution in [0.15, 0.2) is 55.1 Å². The molecule has 0 aliphatic heterocycles. The van der Waals surface area contributed by atoms with Gasteiger partial charge in [0.1, 0.15) is 12.7 Å². The summed E-state index contributed by atoms with van der Waals surface area (Å²) >= 11 is 0. The number of nitrogens with zero attached hydrogens (tertiary/aromatic N) is 4. The SMILES string of the molecule is Cc1ccc(C)c(NC(=O)CN(C)C(=O)COC(=O)c2ccc(-n3cncn3)cc2)c1. The summed E-state index contributed by atoms with van der Waals surface area (Å²) in [6.45, 7) is 3.20. The Hall–Kier alpha value is -4.01. The van der Waals surface area contributed by atoms with Gasteiger partial charge in [-0.1, -0.05) is 12.1 Å². The van der Waals surface area contributed by atoms with Gasteiger partial charge in [-0.3, -0.25) is 9.59 Å². The van der Waals surface area contributed by atoms with Crippen molar-refractivity contribution in [2.75, 3.05) is 25.5 Å². The molecular weight excluding hydrogens is 398 g/mol. The predicted octanol–water partition coefficient (Wildman–Crippen LogP) is 2.14. The molecule has 3 rings (SSSR count). The number of benzene rings is 2. The third-order valence-corrected chi connectivity index (χ3v) is 4.59. The number of esters is 1. The van der Waals surface area contributed by atoms with E-state index in [1.807, 2.05) is 32.0 Å². The molecule has 0 aliphatic carbocycles. The third kappa shape index (κ3) is 5.75. The van der Waals surface area contributed by atoms with Crippen LogP contribution in [0.2, 0.25) is 0 Å². The average molecular weight is 421 g/mol. The first-order chi connectivity index (χ1) is 14.8. The summed E-state index contributed by atoms with van der Waals surface area (Å²) in [6.07, 6.45) is 2.95. The van der Waals surface area contributed by atoms with Crippen molar-refractivity contribution >= 4 is 23.5 Å². The Morgan fingerprint density at radius 2 is 1.84 bits per heavy atom. The number of rotatable bonds is 7. The van der Waals surface area contributed by atoms with Crippen LogP contribution in [0.3, 0.4) is 0 Å². The lowest BCUT2D eigenvalue weighted by molar-refractivity contribution is -0.136. The Morgan fingerprint density at radius 3 is 2.52 bits per heavy atom. The van der Waals surface area contributed by atoms with Gasteiger partial charge in [0.05, 0.1) is 17.8 Å². The smallest absolute Gasteiger partial charge is 0.338 e. The van der Waals surface area contributed by atoms with Gasteiger partial charge in [-0.05, 0) is 55.3 Å². The predicted molar refractivity (Wildman–Crippen MR) is 114 cm³/mol. The van der Waals surface area contributed by atoms with Gasteiger partial charge in [-0.2, -0.15) is 5.10 Å². The maximum absolute atomic E-state index is 12.3. The molecule has 1 aromatic heterocycles. The summed E-state index contributed by atoms with van der Waals surface area (Å²) in [5, 5.41) is 6.80. The molecule has 1 heterocycles. The van der Waals surface area contributed by atoms with Crippen molar-refractivity contribution in [3.05, 3.63) is 71.8 Å². The van der Waals surface area contributed by atoms with Crippen LogP contribution in [0.5, 0.6) is 0 Å². The number of hydrogen-bond acceptors (Lipinski definition) is 6. The summed E-state index contributed by atoms with van der Waals surface area (Å²) in [6, 6.07) is 12.3. The third-order valence-electron chi connectivity index (χ3n) is 4.59. The monoisotopic (exact) mass is 421 g/mol. The van der Waals surface area contributed by atoms with E-state index in [1.165, 1.54) is 24.6 Å². The van der Waals surface area contributed by atoms with Crippen molar-refractivity contribution in [2.45, 2.75) is 13.8 Å². The van der Waals surface area contributed by atoms with E-state index in [0.717, 1.165) is 16.8 Å². The number of likely N-dealkylation sites (N-methyl/N-ethyl adjacent to an activating group) is 1. The second kappa shape index (κ2) is 9.66. The van der Waals surface area contributed by atoms with E-state index in [0.29, 0.717) is 11.3 Å². The highest BCUT2D eigenvalue weighted by Gasteiger charge is 2.16. The maximum atomic E-state index is 12.3. The van der Waals surface area contributed by atoms with Gasteiger partial charge in [0.15, 0.2) is 6.61 Å². The topological polar surface area (TPSA) is 106 Å². The van der Waals surface area contributed by atoms with E-state index in [1.54, 1.807) is 28.9 Å². The van der Waals surface area contributed by atoms with E-state index in [-0.39, 0.29) is 12.5 Å². The molecule has 0 saturated heterocycles. The van der Waals surface area contributed by atoms with Crippen LogP contribution in [0.1, 0.15) is 21.5 Å². The highest BCUT2D eigenvalue weighted by molar-refractivity contribution is 5.96. The molecule has 2 amide bonds. The number of hydrogen-bond donors (Lipinski definition) is 1. The summed E-state index contributed by atoms with van der Waals surface area (Å²) in [4.78, 5) is 41.8. The number of aryl methyl sites for hydroxylation is 2. The molecule has 9 heteroatoms. The fraction of sp³-hybridized carbons (Fsp3) is 0.227. The van der Waals surface area contributed by atoms with Gasteiger partial charge in [-0.25, -0.2) is 14.5 Å². The van der Waals surface area contributed by atoms with Crippen molar-refractivity contribution < 1.29 is 19.1 Å². The zero-order valence-corrected chi connectivity index (χ0v) is 17.5. The minimum atomic E-state index is -0.633. The number of anilines is 1. The van der Waals surface area contributed by atoms with Gasteiger partial charge < -0.3 is 15.0 Å². The molecule has 2 aromatic carbocycles. The van der Waals surface area contributed by atoms with Crippen LogP contribution in [0.25, 0.3) is 5.69 Å². The Morgan fingerprint density at radius 1 is 1.10 bits per heavy atom. The summed E-state index contributed by atoms with van der Waals surface area (Å²) in [7, 11) is 1.48. The maximum Gasteiger partial charge on any atom is 0.338 e. The van der Waals surface area contributed by atoms with Crippen LogP contribution in [-0.4, -0.2) is 57.6 Å². The Labute approximate surface area is 179 Å². The molecule has 0 saturated carbocycles. The van der Waals surface area contributed by atoms with Gasteiger partial charge in [0, 0.05) is 12.7 Å². The lowest BCUT2D eigenvalue weighted by Crippen LogP contribution is -2.37. The molecule has 0 aliphatic rings. The van der Waals surface area contributed by atoms with Gasteiger partial charge in [0.2, 0.25) is 5.91 Å². The summed E-state index contributed by atoms with van der Waals surface area (Å²) < 4.78 is 6.63. The molecule has 0 unspecified atom stereocenters. The number of carbonyl (C=O) groups excluding carboxylic acids is 3. The van der Waals surface area contributed by atoms with E-state index < -0.39 is 18.5 Å². The minimum Gasteiger partial charge on any atom is -0.452 e. The normalized spacial score (nSPS) is 10.4. The van der Waals surface area contributed by atoms with Gasteiger partial charge in [-0.15, -0.1) is 0 Å². The first-order valence-corrected chi connectivity index (χ1v) is 9.57. The molecule has 31 heavy (non-hydrogen) atoms. The molecule has 0 spiro atoms. The molecule has 9 nitrogen and oxygen atoms in total. The number of amides is 2.